The summed E-state index contributed by atoms with van der Waals surface area (Å²) in [6, 6.07) is 12.9. The zero-order valence-electron chi connectivity index (χ0n) is 21.1. The molecule has 2 amide bonds. The Morgan fingerprint density at radius 2 is 1.80 bits per heavy atom. The molecule has 0 spiro atoms. The average molecular weight is 500 g/mol. The van der Waals surface area contributed by atoms with Crippen LogP contribution in [0.4, 0.5) is 5.69 Å². The van der Waals surface area contributed by atoms with Crippen molar-refractivity contribution in [1.29, 1.82) is 0 Å². The van der Waals surface area contributed by atoms with Crippen LogP contribution in [-0.2, 0) is 22.6 Å². The molecule has 1 aliphatic carbocycles. The van der Waals surface area contributed by atoms with Gasteiger partial charge in [-0.15, -0.1) is 0 Å². The average Bonchev–Trinajstić information content (AvgIpc) is 2.86. The van der Waals surface area contributed by atoms with Gasteiger partial charge in [0.15, 0.2) is 0 Å². The molecule has 6 nitrogen and oxygen atoms in total. The van der Waals surface area contributed by atoms with Crippen LogP contribution in [0.2, 0.25) is 5.02 Å². The molecule has 0 atom stereocenters. The van der Waals surface area contributed by atoms with E-state index in [1.807, 2.05) is 35.2 Å². The second-order valence-corrected chi connectivity index (χ2v) is 10.7. The Bertz CT molecular complexity index is 1000. The van der Waals surface area contributed by atoms with Gasteiger partial charge in [0.2, 0.25) is 11.8 Å². The maximum Gasteiger partial charge on any atom is 0.228 e. The summed E-state index contributed by atoms with van der Waals surface area (Å²) >= 11 is 6.54. The molecule has 2 aromatic rings. The number of carbonyl (C=O) groups is 2. The summed E-state index contributed by atoms with van der Waals surface area (Å²) < 4.78 is 5.17. The fourth-order valence-electron chi connectivity index (χ4n) is 4.51. The van der Waals surface area contributed by atoms with Gasteiger partial charge in [-0.25, -0.2) is 0 Å². The lowest BCUT2D eigenvalue weighted by atomic mass is 9.86. The molecular formula is C28H38ClN3O3. The molecule has 1 aliphatic rings. The number of nitrogens with zero attached hydrogens (tertiary/aromatic N) is 1. The SMILES string of the molecule is COc1ccc(CC(=O)Nc2ccc(Cl)c(CN(CC(C)(C)CN)C(=O)C3CCCCC3)c2)cc1. The highest BCUT2D eigenvalue weighted by atomic mass is 35.5. The van der Waals surface area contributed by atoms with Crippen LogP contribution in [0, 0.1) is 11.3 Å². The molecule has 0 bridgehead atoms. The molecule has 0 aromatic heterocycles. The topological polar surface area (TPSA) is 84.7 Å². The quantitative estimate of drug-likeness (QED) is 0.457. The van der Waals surface area contributed by atoms with Gasteiger partial charge in [-0.1, -0.05) is 56.8 Å². The number of anilines is 1. The molecule has 1 fully saturated rings. The lowest BCUT2D eigenvalue weighted by molar-refractivity contribution is -0.138. The minimum Gasteiger partial charge on any atom is -0.497 e. The lowest BCUT2D eigenvalue weighted by Gasteiger charge is -2.35. The Morgan fingerprint density at radius 1 is 1.11 bits per heavy atom. The molecule has 0 radical (unpaired) electrons. The van der Waals surface area contributed by atoms with Crippen LogP contribution < -0.4 is 15.8 Å². The second-order valence-electron chi connectivity index (χ2n) is 10.3. The molecule has 0 saturated heterocycles. The summed E-state index contributed by atoms with van der Waals surface area (Å²) in [7, 11) is 1.61. The van der Waals surface area contributed by atoms with E-state index >= 15 is 0 Å². The maximum absolute atomic E-state index is 13.5. The van der Waals surface area contributed by atoms with Crippen molar-refractivity contribution in [1.82, 2.24) is 4.90 Å². The van der Waals surface area contributed by atoms with Gasteiger partial charge in [-0.05, 0) is 66.3 Å². The van der Waals surface area contributed by atoms with Gasteiger partial charge in [-0.3, -0.25) is 9.59 Å². The van der Waals surface area contributed by atoms with E-state index in [0.717, 1.165) is 42.6 Å². The summed E-state index contributed by atoms with van der Waals surface area (Å²) in [6.07, 6.45) is 5.52. The van der Waals surface area contributed by atoms with Crippen molar-refractivity contribution in [2.24, 2.45) is 17.1 Å². The Hall–Kier alpha value is -2.57. The van der Waals surface area contributed by atoms with Gasteiger partial charge in [0.25, 0.3) is 0 Å². The minimum atomic E-state index is -0.207. The highest BCUT2D eigenvalue weighted by Crippen LogP contribution is 2.30. The van der Waals surface area contributed by atoms with E-state index in [2.05, 4.69) is 19.2 Å². The zero-order valence-corrected chi connectivity index (χ0v) is 21.9. The number of benzene rings is 2. The Balaban J connectivity index is 1.73. The molecule has 3 rings (SSSR count). The number of ether oxygens (including phenoxy) is 1. The molecular weight excluding hydrogens is 462 g/mol. The van der Waals surface area contributed by atoms with Crippen LogP contribution in [-0.4, -0.2) is 36.9 Å². The van der Waals surface area contributed by atoms with Crippen LogP contribution in [0.15, 0.2) is 42.5 Å². The number of methoxy groups -OCH3 is 1. The third kappa shape index (κ3) is 7.97. The smallest absolute Gasteiger partial charge is 0.228 e. The third-order valence-electron chi connectivity index (χ3n) is 6.65. The number of carbonyl (C=O) groups excluding carboxylic acids is 2. The first-order valence-corrected chi connectivity index (χ1v) is 12.8. The van der Waals surface area contributed by atoms with Crippen molar-refractivity contribution < 1.29 is 14.3 Å². The number of nitrogens with one attached hydrogen (secondary N) is 1. The third-order valence-corrected chi connectivity index (χ3v) is 7.02. The first-order chi connectivity index (χ1) is 16.7. The van der Waals surface area contributed by atoms with Gasteiger partial charge in [0, 0.05) is 29.7 Å². The summed E-state index contributed by atoms with van der Waals surface area (Å²) in [5, 5.41) is 3.53. The fourth-order valence-corrected chi connectivity index (χ4v) is 4.69. The van der Waals surface area contributed by atoms with Gasteiger partial charge in [0.05, 0.1) is 13.5 Å². The maximum atomic E-state index is 13.5. The van der Waals surface area contributed by atoms with Crippen molar-refractivity contribution >= 4 is 29.1 Å². The molecule has 1 saturated carbocycles. The summed E-state index contributed by atoms with van der Waals surface area (Å²) in [6.45, 7) is 5.58. The van der Waals surface area contributed by atoms with Crippen molar-refractivity contribution in [3.8, 4) is 5.75 Å². The first kappa shape index (κ1) is 27.0. The number of hydrogen-bond donors (Lipinski definition) is 2. The monoisotopic (exact) mass is 499 g/mol. The van der Waals surface area contributed by atoms with Gasteiger partial charge < -0.3 is 20.7 Å². The van der Waals surface area contributed by atoms with Crippen molar-refractivity contribution in [3.05, 3.63) is 58.6 Å². The van der Waals surface area contributed by atoms with Crippen LogP contribution >= 0.6 is 11.6 Å². The predicted octanol–water partition coefficient (Wildman–Crippen LogP) is 5.42. The first-order valence-electron chi connectivity index (χ1n) is 12.4. The number of hydrogen-bond acceptors (Lipinski definition) is 4. The van der Waals surface area contributed by atoms with E-state index in [4.69, 9.17) is 22.1 Å². The summed E-state index contributed by atoms with van der Waals surface area (Å²) in [5.41, 5.74) is 8.15. The Morgan fingerprint density at radius 3 is 2.43 bits per heavy atom. The van der Waals surface area contributed by atoms with Crippen molar-refractivity contribution in [2.45, 2.75) is 58.9 Å². The lowest BCUT2D eigenvalue weighted by Crippen LogP contribution is -2.44. The second kappa shape index (κ2) is 12.4. The highest BCUT2D eigenvalue weighted by molar-refractivity contribution is 6.31. The number of halogens is 1. The van der Waals surface area contributed by atoms with Crippen molar-refractivity contribution in [2.75, 3.05) is 25.5 Å². The Kier molecular flexibility index (Phi) is 9.58. The molecule has 7 heteroatoms. The van der Waals surface area contributed by atoms with E-state index in [1.165, 1.54) is 6.42 Å². The highest BCUT2D eigenvalue weighted by Gasteiger charge is 2.30. The number of rotatable bonds is 10. The van der Waals surface area contributed by atoms with Crippen LogP contribution in [0.25, 0.3) is 0 Å². The van der Waals surface area contributed by atoms with Gasteiger partial charge in [0.1, 0.15) is 5.75 Å². The van der Waals surface area contributed by atoms with E-state index in [1.54, 1.807) is 19.2 Å². The van der Waals surface area contributed by atoms with Crippen molar-refractivity contribution in [3.63, 3.8) is 0 Å². The molecule has 3 N–H and O–H groups in total. The number of nitrogens with two attached hydrogens (primary N) is 1. The van der Waals surface area contributed by atoms with E-state index in [9.17, 15) is 9.59 Å². The predicted molar refractivity (Wildman–Crippen MR) is 142 cm³/mol. The molecule has 35 heavy (non-hydrogen) atoms. The van der Waals surface area contributed by atoms with Gasteiger partial charge >= 0.3 is 0 Å². The minimum absolute atomic E-state index is 0.0588. The van der Waals surface area contributed by atoms with E-state index in [-0.39, 0.29) is 29.6 Å². The summed E-state index contributed by atoms with van der Waals surface area (Å²) in [5.74, 6) is 0.865. The fraction of sp³-hybridized carbons (Fsp3) is 0.500. The van der Waals surface area contributed by atoms with Crippen LogP contribution in [0.1, 0.15) is 57.1 Å². The standard InChI is InChI=1S/C28H38ClN3O3/c1-28(2,18-30)19-32(27(34)21-7-5-4-6-8-21)17-22-16-23(11-14-25(22)29)31-26(33)15-20-9-12-24(35-3)13-10-20/h9-14,16,21H,4-8,15,17-19,30H2,1-3H3,(H,31,33). The van der Waals surface area contributed by atoms with E-state index < -0.39 is 0 Å². The molecule has 0 heterocycles. The number of amides is 2. The van der Waals surface area contributed by atoms with Crippen LogP contribution in [0.5, 0.6) is 5.75 Å². The Labute approximate surface area is 214 Å². The van der Waals surface area contributed by atoms with E-state index in [0.29, 0.717) is 30.3 Å². The molecule has 0 unspecified atom stereocenters. The summed E-state index contributed by atoms with van der Waals surface area (Å²) in [4.78, 5) is 28.0. The molecule has 2 aromatic carbocycles. The molecule has 190 valence electrons. The van der Waals surface area contributed by atoms with Crippen LogP contribution in [0.3, 0.4) is 0 Å². The van der Waals surface area contributed by atoms with Gasteiger partial charge in [-0.2, -0.15) is 0 Å². The zero-order chi connectivity index (χ0) is 25.4. The largest absolute Gasteiger partial charge is 0.497 e. The molecule has 0 aliphatic heterocycles. The normalized spacial score (nSPS) is 14.4.